The Morgan fingerprint density at radius 3 is 2.17 bits per heavy atom. The average Bonchev–Trinajstić information content (AvgIpc) is 3.24. The van der Waals surface area contributed by atoms with Gasteiger partial charge < -0.3 is 4.42 Å². The third-order valence-corrected chi connectivity index (χ3v) is 3.93. The molecule has 0 bridgehead atoms. The van der Waals surface area contributed by atoms with E-state index in [4.69, 9.17) is 4.42 Å². The summed E-state index contributed by atoms with van der Waals surface area (Å²) in [6.45, 7) is 0. The van der Waals surface area contributed by atoms with Crippen LogP contribution in [0, 0.1) is 10.1 Å². The Bertz CT molecular complexity index is 1160. The highest BCUT2D eigenvalue weighted by atomic mass is 16.6. The number of anilines is 1. The zero-order valence-electron chi connectivity index (χ0n) is 15.0. The molecule has 0 saturated heterocycles. The zero-order chi connectivity index (χ0) is 20.1. The van der Waals surface area contributed by atoms with Crippen LogP contribution in [0.15, 0.2) is 82.3 Å². The van der Waals surface area contributed by atoms with Crippen LogP contribution in [0.4, 0.5) is 11.8 Å². The molecule has 0 spiro atoms. The van der Waals surface area contributed by atoms with Crippen LogP contribution in [0.25, 0.3) is 22.5 Å². The predicted octanol–water partition coefficient (Wildman–Crippen LogP) is 4.15. The number of hydrogen-bond acceptors (Lipinski definition) is 8. The summed E-state index contributed by atoms with van der Waals surface area (Å²) in [6, 6.07) is 22.0. The fourth-order valence-electron chi connectivity index (χ4n) is 2.62. The summed E-state index contributed by atoms with van der Waals surface area (Å²) >= 11 is 0. The lowest BCUT2D eigenvalue weighted by Crippen LogP contribution is -2.03. The predicted molar refractivity (Wildman–Crippen MR) is 107 cm³/mol. The van der Waals surface area contributed by atoms with Crippen molar-refractivity contribution < 1.29 is 9.34 Å². The van der Waals surface area contributed by atoms with Gasteiger partial charge in [-0.1, -0.05) is 60.7 Å². The van der Waals surface area contributed by atoms with Gasteiger partial charge in [-0.15, -0.1) is 10.2 Å². The van der Waals surface area contributed by atoms with E-state index in [1.807, 2.05) is 60.7 Å². The van der Waals surface area contributed by atoms with Crippen molar-refractivity contribution in [3.8, 4) is 22.5 Å². The van der Waals surface area contributed by atoms with E-state index in [0.717, 1.165) is 11.1 Å². The smallest absolute Gasteiger partial charge is 0.400 e. The first-order valence-electron chi connectivity index (χ1n) is 8.59. The SMILES string of the molecule is O=[N+]([O-])c1ccc(C=NNc2nnc(-c3ccccc3)c(-c3ccccc3)n2)o1. The van der Waals surface area contributed by atoms with Gasteiger partial charge in [-0.05, 0) is 6.07 Å². The van der Waals surface area contributed by atoms with Gasteiger partial charge in [0, 0.05) is 11.1 Å². The second-order valence-corrected chi connectivity index (χ2v) is 5.87. The number of hydrogen-bond donors (Lipinski definition) is 1. The van der Waals surface area contributed by atoms with Crippen molar-refractivity contribution in [1.29, 1.82) is 0 Å². The van der Waals surface area contributed by atoms with Gasteiger partial charge in [-0.2, -0.15) is 5.10 Å². The summed E-state index contributed by atoms with van der Waals surface area (Å²) in [6.07, 6.45) is 1.30. The van der Waals surface area contributed by atoms with E-state index in [0.29, 0.717) is 11.4 Å². The summed E-state index contributed by atoms with van der Waals surface area (Å²) in [5.41, 5.74) is 5.75. The molecule has 9 heteroatoms. The number of nitro groups is 1. The number of rotatable bonds is 6. The average molecular weight is 386 g/mol. The lowest BCUT2D eigenvalue weighted by atomic mass is 10.0. The Kier molecular flexibility index (Phi) is 5.02. The molecule has 0 fully saturated rings. The summed E-state index contributed by atoms with van der Waals surface area (Å²) in [5, 5.41) is 23.0. The second-order valence-electron chi connectivity index (χ2n) is 5.87. The normalized spacial score (nSPS) is 10.9. The van der Waals surface area contributed by atoms with E-state index < -0.39 is 4.92 Å². The van der Waals surface area contributed by atoms with Crippen molar-refractivity contribution in [1.82, 2.24) is 15.2 Å². The van der Waals surface area contributed by atoms with Crippen LogP contribution < -0.4 is 5.43 Å². The Morgan fingerprint density at radius 1 is 0.897 bits per heavy atom. The molecule has 2 aromatic heterocycles. The van der Waals surface area contributed by atoms with E-state index in [-0.39, 0.29) is 17.6 Å². The molecular weight excluding hydrogens is 372 g/mol. The van der Waals surface area contributed by atoms with Crippen molar-refractivity contribution in [2.45, 2.75) is 0 Å². The molecule has 4 aromatic rings. The van der Waals surface area contributed by atoms with Crippen molar-refractivity contribution in [2.24, 2.45) is 5.10 Å². The molecule has 1 N–H and O–H groups in total. The molecule has 2 aromatic carbocycles. The van der Waals surface area contributed by atoms with Crippen molar-refractivity contribution in [2.75, 3.05) is 5.43 Å². The molecule has 4 rings (SSSR count). The lowest BCUT2D eigenvalue weighted by molar-refractivity contribution is -0.402. The summed E-state index contributed by atoms with van der Waals surface area (Å²) < 4.78 is 5.01. The van der Waals surface area contributed by atoms with E-state index in [1.54, 1.807) is 0 Å². The third kappa shape index (κ3) is 4.14. The van der Waals surface area contributed by atoms with Crippen LogP contribution in [0.5, 0.6) is 0 Å². The van der Waals surface area contributed by atoms with Gasteiger partial charge in [0.15, 0.2) is 5.76 Å². The van der Waals surface area contributed by atoms with Gasteiger partial charge in [-0.25, -0.2) is 10.4 Å². The Labute approximate surface area is 164 Å². The topological polar surface area (TPSA) is 119 Å². The van der Waals surface area contributed by atoms with Crippen molar-refractivity contribution >= 4 is 18.0 Å². The minimum atomic E-state index is -0.619. The number of nitrogens with one attached hydrogen (secondary N) is 1. The molecule has 0 unspecified atom stereocenters. The fraction of sp³-hybridized carbons (Fsp3) is 0. The minimum absolute atomic E-state index is 0.181. The standard InChI is InChI=1S/C20H14N6O3/c27-26(28)17-12-11-16(29-17)13-21-24-20-22-18(14-7-3-1-4-8-14)19(23-25-20)15-9-5-2-6-10-15/h1-13H,(H,22,24,25). The number of benzene rings is 2. The summed E-state index contributed by atoms with van der Waals surface area (Å²) in [5.74, 6) is 0.0464. The van der Waals surface area contributed by atoms with E-state index in [2.05, 4.69) is 25.7 Å². The molecule has 0 aliphatic heterocycles. The summed E-state index contributed by atoms with van der Waals surface area (Å²) in [7, 11) is 0. The number of hydrazone groups is 1. The number of aromatic nitrogens is 3. The van der Waals surface area contributed by atoms with Gasteiger partial charge in [0.1, 0.15) is 16.3 Å². The Balaban J connectivity index is 1.63. The largest absolute Gasteiger partial charge is 0.433 e. The Hall–Kier alpha value is -4.40. The highest BCUT2D eigenvalue weighted by Crippen LogP contribution is 2.28. The monoisotopic (exact) mass is 386 g/mol. The highest BCUT2D eigenvalue weighted by Gasteiger charge is 2.13. The fourth-order valence-corrected chi connectivity index (χ4v) is 2.62. The van der Waals surface area contributed by atoms with Crippen LogP contribution in [-0.4, -0.2) is 26.3 Å². The van der Waals surface area contributed by atoms with Gasteiger partial charge >= 0.3 is 5.88 Å². The van der Waals surface area contributed by atoms with Gasteiger partial charge in [0.2, 0.25) is 0 Å². The third-order valence-electron chi connectivity index (χ3n) is 3.93. The molecular formula is C20H14N6O3. The quantitative estimate of drug-likeness (QED) is 0.300. The van der Waals surface area contributed by atoms with Crippen LogP contribution in [-0.2, 0) is 0 Å². The molecule has 29 heavy (non-hydrogen) atoms. The zero-order valence-corrected chi connectivity index (χ0v) is 15.0. The highest BCUT2D eigenvalue weighted by molar-refractivity contribution is 5.78. The van der Waals surface area contributed by atoms with Crippen LogP contribution in [0.1, 0.15) is 5.76 Å². The lowest BCUT2D eigenvalue weighted by Gasteiger charge is -2.09. The van der Waals surface area contributed by atoms with Gasteiger partial charge in [0.25, 0.3) is 5.95 Å². The van der Waals surface area contributed by atoms with Crippen LogP contribution in [0.3, 0.4) is 0 Å². The molecule has 0 atom stereocenters. The maximum Gasteiger partial charge on any atom is 0.433 e. The molecule has 0 aliphatic carbocycles. The maximum absolute atomic E-state index is 10.7. The van der Waals surface area contributed by atoms with Crippen LogP contribution >= 0.6 is 0 Å². The first-order chi connectivity index (χ1) is 14.2. The van der Waals surface area contributed by atoms with Crippen molar-refractivity contribution in [3.05, 3.63) is 88.7 Å². The second kappa shape index (κ2) is 8.09. The molecule has 0 amide bonds. The van der Waals surface area contributed by atoms with Gasteiger partial charge in [-0.3, -0.25) is 10.1 Å². The van der Waals surface area contributed by atoms with E-state index >= 15 is 0 Å². The molecule has 0 radical (unpaired) electrons. The van der Waals surface area contributed by atoms with E-state index in [9.17, 15) is 10.1 Å². The molecule has 142 valence electrons. The first kappa shape index (κ1) is 18.0. The molecule has 2 heterocycles. The number of furan rings is 1. The molecule has 0 saturated carbocycles. The van der Waals surface area contributed by atoms with Crippen molar-refractivity contribution in [3.63, 3.8) is 0 Å². The Morgan fingerprint density at radius 2 is 1.55 bits per heavy atom. The number of nitrogens with zero attached hydrogens (tertiary/aromatic N) is 5. The summed E-state index contributed by atoms with van der Waals surface area (Å²) in [4.78, 5) is 14.6. The maximum atomic E-state index is 10.7. The van der Waals surface area contributed by atoms with Gasteiger partial charge in [0.05, 0.1) is 12.3 Å². The minimum Gasteiger partial charge on any atom is -0.400 e. The molecule has 0 aliphatic rings. The van der Waals surface area contributed by atoms with Crippen LogP contribution in [0.2, 0.25) is 0 Å². The first-order valence-corrected chi connectivity index (χ1v) is 8.59. The van der Waals surface area contributed by atoms with E-state index in [1.165, 1.54) is 18.3 Å². The molecule has 9 nitrogen and oxygen atoms in total.